The molecule has 5 rings (SSSR count). The Hall–Kier alpha value is -3.01. The van der Waals surface area contributed by atoms with Gasteiger partial charge in [-0.3, -0.25) is 19.8 Å². The van der Waals surface area contributed by atoms with Crippen molar-refractivity contribution in [3.63, 3.8) is 0 Å². The molecule has 38 heavy (non-hydrogen) atoms. The molecule has 1 aliphatic carbocycles. The molecule has 202 valence electrons. The van der Waals surface area contributed by atoms with Gasteiger partial charge in [0.25, 0.3) is 5.91 Å². The Balaban J connectivity index is 0.00000336. The molecule has 1 aliphatic heterocycles. The van der Waals surface area contributed by atoms with E-state index in [0.717, 1.165) is 48.0 Å². The SMILES string of the molecule is Cl.NC(=O)Cc1ccc(C(=O)Nc2nc(-c3ccc(F)cc3)c(N3CCN(C4CCCCC4)CC3)s2)cc1. The second-order valence-corrected chi connectivity index (χ2v) is 10.8. The van der Waals surface area contributed by atoms with E-state index < -0.39 is 5.91 Å². The van der Waals surface area contributed by atoms with Crippen LogP contribution in [0.25, 0.3) is 11.3 Å². The van der Waals surface area contributed by atoms with Crippen LogP contribution in [-0.2, 0) is 11.2 Å². The predicted molar refractivity (Wildman–Crippen MR) is 153 cm³/mol. The lowest BCUT2D eigenvalue weighted by Crippen LogP contribution is -2.50. The molecule has 0 radical (unpaired) electrons. The van der Waals surface area contributed by atoms with Gasteiger partial charge in [-0.05, 0) is 54.8 Å². The minimum Gasteiger partial charge on any atom is -0.369 e. The summed E-state index contributed by atoms with van der Waals surface area (Å²) in [7, 11) is 0. The third-order valence-electron chi connectivity index (χ3n) is 7.23. The number of nitrogens with one attached hydrogen (secondary N) is 1. The number of hydrogen-bond acceptors (Lipinski definition) is 6. The maximum atomic E-state index is 13.6. The van der Waals surface area contributed by atoms with E-state index in [9.17, 15) is 14.0 Å². The van der Waals surface area contributed by atoms with Gasteiger partial charge in [0.1, 0.15) is 16.5 Å². The number of rotatable bonds is 7. The minimum absolute atomic E-state index is 0. The van der Waals surface area contributed by atoms with Gasteiger partial charge in [0.15, 0.2) is 5.13 Å². The summed E-state index contributed by atoms with van der Waals surface area (Å²) in [5.41, 5.74) is 8.05. The third kappa shape index (κ3) is 6.70. The van der Waals surface area contributed by atoms with Gasteiger partial charge >= 0.3 is 0 Å². The highest BCUT2D eigenvalue weighted by Crippen LogP contribution is 2.39. The number of carbonyl (C=O) groups excluding carboxylic acids is 2. The highest BCUT2D eigenvalue weighted by Gasteiger charge is 2.28. The fourth-order valence-electron chi connectivity index (χ4n) is 5.26. The number of amides is 2. The Morgan fingerprint density at radius 2 is 1.63 bits per heavy atom. The molecule has 2 fully saturated rings. The number of nitrogens with zero attached hydrogens (tertiary/aromatic N) is 3. The molecule has 10 heteroatoms. The quantitative estimate of drug-likeness (QED) is 0.421. The average molecular weight is 558 g/mol. The van der Waals surface area contributed by atoms with E-state index >= 15 is 0 Å². The lowest BCUT2D eigenvalue weighted by Gasteiger charge is -2.41. The second-order valence-electron chi connectivity index (χ2n) is 9.79. The van der Waals surface area contributed by atoms with E-state index in [4.69, 9.17) is 10.7 Å². The van der Waals surface area contributed by atoms with Crippen LogP contribution in [0.5, 0.6) is 0 Å². The van der Waals surface area contributed by atoms with Crippen molar-refractivity contribution in [2.45, 2.75) is 44.6 Å². The number of thiazole rings is 1. The molecule has 7 nitrogen and oxygen atoms in total. The molecule has 3 N–H and O–H groups in total. The van der Waals surface area contributed by atoms with Crippen LogP contribution < -0.4 is 16.0 Å². The summed E-state index contributed by atoms with van der Waals surface area (Å²) < 4.78 is 13.6. The van der Waals surface area contributed by atoms with Crippen LogP contribution in [0, 0.1) is 5.82 Å². The molecule has 3 aromatic rings. The Morgan fingerprint density at radius 3 is 2.26 bits per heavy atom. The van der Waals surface area contributed by atoms with E-state index in [1.54, 1.807) is 36.4 Å². The molecule has 0 atom stereocenters. The number of primary amides is 1. The largest absolute Gasteiger partial charge is 0.369 e. The summed E-state index contributed by atoms with van der Waals surface area (Å²) in [5.74, 6) is -0.992. The van der Waals surface area contributed by atoms with Crippen molar-refractivity contribution in [2.24, 2.45) is 5.73 Å². The zero-order valence-electron chi connectivity index (χ0n) is 21.2. The summed E-state index contributed by atoms with van der Waals surface area (Å²) in [4.78, 5) is 33.8. The molecule has 1 saturated heterocycles. The molecule has 1 saturated carbocycles. The van der Waals surface area contributed by atoms with Gasteiger partial charge in [-0.25, -0.2) is 9.37 Å². The van der Waals surface area contributed by atoms with Crippen LogP contribution >= 0.6 is 23.7 Å². The van der Waals surface area contributed by atoms with Crippen LogP contribution in [-0.4, -0.2) is 53.9 Å². The maximum absolute atomic E-state index is 13.6. The molecule has 0 bridgehead atoms. The third-order valence-corrected chi connectivity index (χ3v) is 8.27. The molecule has 2 amide bonds. The molecular formula is C28H33ClFN5O2S. The number of nitrogens with two attached hydrogens (primary N) is 1. The van der Waals surface area contributed by atoms with Crippen molar-refractivity contribution in [1.82, 2.24) is 9.88 Å². The molecule has 2 aromatic carbocycles. The van der Waals surface area contributed by atoms with Crippen molar-refractivity contribution in [2.75, 3.05) is 36.4 Å². The van der Waals surface area contributed by atoms with Crippen LogP contribution in [0.1, 0.15) is 48.0 Å². The summed E-state index contributed by atoms with van der Waals surface area (Å²) in [6.07, 6.45) is 6.72. The Morgan fingerprint density at radius 1 is 0.974 bits per heavy atom. The van der Waals surface area contributed by atoms with Crippen molar-refractivity contribution in [3.05, 3.63) is 65.5 Å². The van der Waals surface area contributed by atoms with Gasteiger partial charge in [0.2, 0.25) is 5.91 Å². The van der Waals surface area contributed by atoms with Crippen molar-refractivity contribution in [3.8, 4) is 11.3 Å². The number of halogens is 2. The smallest absolute Gasteiger partial charge is 0.257 e. The first-order valence-corrected chi connectivity index (χ1v) is 13.7. The van der Waals surface area contributed by atoms with Gasteiger partial charge in [-0.15, -0.1) is 12.4 Å². The van der Waals surface area contributed by atoms with Gasteiger partial charge in [0.05, 0.1) is 6.42 Å². The van der Waals surface area contributed by atoms with E-state index in [2.05, 4.69) is 15.1 Å². The number of benzene rings is 2. The molecular weight excluding hydrogens is 525 g/mol. The zero-order valence-corrected chi connectivity index (χ0v) is 22.8. The lowest BCUT2D eigenvalue weighted by atomic mass is 9.94. The van der Waals surface area contributed by atoms with Crippen LogP contribution in [0.15, 0.2) is 48.5 Å². The highest BCUT2D eigenvalue weighted by atomic mass is 35.5. The van der Waals surface area contributed by atoms with E-state index in [1.165, 1.54) is 55.6 Å². The van der Waals surface area contributed by atoms with Gasteiger partial charge in [0, 0.05) is 43.3 Å². The fraction of sp³-hybridized carbons (Fsp3) is 0.393. The number of piperazine rings is 1. The van der Waals surface area contributed by atoms with E-state index in [0.29, 0.717) is 16.7 Å². The minimum atomic E-state index is -0.416. The van der Waals surface area contributed by atoms with Crippen LogP contribution in [0.3, 0.4) is 0 Å². The highest BCUT2D eigenvalue weighted by molar-refractivity contribution is 7.20. The van der Waals surface area contributed by atoms with E-state index in [-0.39, 0.29) is 30.6 Å². The molecule has 2 heterocycles. The van der Waals surface area contributed by atoms with Crippen molar-refractivity contribution >= 4 is 45.7 Å². The molecule has 1 aromatic heterocycles. The summed E-state index contributed by atoms with van der Waals surface area (Å²) in [6, 6.07) is 13.8. The first-order valence-electron chi connectivity index (χ1n) is 12.9. The summed E-state index contributed by atoms with van der Waals surface area (Å²) in [5, 5.41) is 4.41. The number of anilines is 2. The number of carbonyl (C=O) groups is 2. The first-order chi connectivity index (χ1) is 18.0. The van der Waals surface area contributed by atoms with Crippen LogP contribution in [0.4, 0.5) is 14.5 Å². The van der Waals surface area contributed by atoms with Gasteiger partial charge < -0.3 is 10.6 Å². The van der Waals surface area contributed by atoms with Gasteiger partial charge in [-0.1, -0.05) is 42.7 Å². The Kier molecular flexibility index (Phi) is 9.35. The monoisotopic (exact) mass is 557 g/mol. The average Bonchev–Trinajstić information content (AvgIpc) is 3.33. The Labute approximate surface area is 232 Å². The van der Waals surface area contributed by atoms with E-state index in [1.807, 2.05) is 0 Å². The first kappa shape index (κ1) is 28.0. The van der Waals surface area contributed by atoms with Crippen LogP contribution in [0.2, 0.25) is 0 Å². The standard InChI is InChI=1S/C28H32FN5O2S.ClH/c29-22-12-10-20(11-13-22)25-27(34-16-14-33(15-17-34)23-4-2-1-3-5-23)37-28(31-25)32-26(36)21-8-6-19(7-9-21)18-24(30)35;/h6-13,23H,1-5,14-18H2,(H2,30,35)(H,31,32,36);1H. The Bertz CT molecular complexity index is 1240. The normalized spacial score (nSPS) is 16.6. The topological polar surface area (TPSA) is 91.6 Å². The molecule has 0 unspecified atom stereocenters. The van der Waals surface area contributed by atoms with Crippen molar-refractivity contribution < 1.29 is 14.0 Å². The molecule has 0 spiro atoms. The summed E-state index contributed by atoms with van der Waals surface area (Å²) >= 11 is 1.45. The zero-order chi connectivity index (χ0) is 25.8. The fourth-order valence-corrected chi connectivity index (χ4v) is 6.29. The number of aromatic nitrogens is 1. The van der Waals surface area contributed by atoms with Gasteiger partial charge in [-0.2, -0.15) is 0 Å². The summed E-state index contributed by atoms with van der Waals surface area (Å²) in [6.45, 7) is 3.79. The predicted octanol–water partition coefficient (Wildman–Crippen LogP) is 5.11. The number of hydrogen-bond donors (Lipinski definition) is 2. The van der Waals surface area contributed by atoms with Crippen molar-refractivity contribution in [1.29, 1.82) is 0 Å². The molecule has 2 aliphatic rings. The second kappa shape index (κ2) is 12.7. The maximum Gasteiger partial charge on any atom is 0.257 e. The lowest BCUT2D eigenvalue weighted by molar-refractivity contribution is -0.117.